The number of ether oxygens (including phenoxy) is 1. The van der Waals surface area contributed by atoms with Crippen LogP contribution in [0, 0.1) is 0 Å². The highest BCUT2D eigenvalue weighted by Gasteiger charge is 2.45. The number of amides is 2. The van der Waals surface area contributed by atoms with Gasteiger partial charge in [0, 0.05) is 32.4 Å². The van der Waals surface area contributed by atoms with E-state index >= 15 is 0 Å². The number of hydroxylamine groups is 2. The summed E-state index contributed by atoms with van der Waals surface area (Å²) in [5.74, 6) is 0. The molecule has 0 aliphatic carbocycles. The topological polar surface area (TPSA) is 76.0 Å². The normalized spacial score (nSPS) is 24.6. The van der Waals surface area contributed by atoms with Gasteiger partial charge in [0.05, 0.1) is 37.5 Å². The minimum Gasteiger partial charge on any atom is -0.379 e. The number of carbonyl (C=O) groups is 1. The lowest BCUT2D eigenvalue weighted by Crippen LogP contribution is -2.42. The Bertz CT molecular complexity index is 853. The van der Waals surface area contributed by atoms with Crippen molar-refractivity contribution in [1.29, 1.82) is 0 Å². The van der Waals surface area contributed by atoms with E-state index in [-0.39, 0.29) is 18.1 Å². The van der Waals surface area contributed by atoms with Gasteiger partial charge < -0.3 is 9.64 Å². The molecule has 3 saturated heterocycles. The van der Waals surface area contributed by atoms with Gasteiger partial charge in [-0.3, -0.25) is 14.4 Å². The van der Waals surface area contributed by atoms with Gasteiger partial charge in [0.2, 0.25) is 0 Å². The molecule has 5 rings (SSSR count). The van der Waals surface area contributed by atoms with Gasteiger partial charge in [-0.2, -0.15) is 5.06 Å². The molecule has 9 heteroatoms. The number of rotatable bonds is 7. The number of nitrogens with zero attached hydrogens (tertiary/aromatic N) is 6. The van der Waals surface area contributed by atoms with Crippen LogP contribution in [0.2, 0.25) is 0 Å². The van der Waals surface area contributed by atoms with Gasteiger partial charge in [0.1, 0.15) is 6.61 Å². The third kappa shape index (κ3) is 4.19. The summed E-state index contributed by atoms with van der Waals surface area (Å²) in [6, 6.07) is 10.2. The zero-order chi connectivity index (χ0) is 20.3. The van der Waals surface area contributed by atoms with E-state index < -0.39 is 0 Å². The summed E-state index contributed by atoms with van der Waals surface area (Å²) < 4.78 is 7.27. The Morgan fingerprint density at radius 1 is 1.13 bits per heavy atom. The number of hydrogen-bond acceptors (Lipinski definition) is 6. The predicted octanol–water partition coefficient (Wildman–Crippen LogP) is 1.51. The highest BCUT2D eigenvalue weighted by Crippen LogP contribution is 2.31. The van der Waals surface area contributed by atoms with Crippen LogP contribution in [0.5, 0.6) is 0 Å². The van der Waals surface area contributed by atoms with E-state index in [1.54, 1.807) is 5.06 Å². The van der Waals surface area contributed by atoms with Gasteiger partial charge in [0.15, 0.2) is 0 Å². The molecular formula is C21H28N6O3. The summed E-state index contributed by atoms with van der Waals surface area (Å²) in [4.78, 5) is 23.1. The highest BCUT2D eigenvalue weighted by atomic mass is 16.7. The van der Waals surface area contributed by atoms with Crippen LogP contribution in [0.4, 0.5) is 4.79 Å². The molecular weight excluding hydrogens is 384 g/mol. The largest absolute Gasteiger partial charge is 0.379 e. The van der Waals surface area contributed by atoms with Gasteiger partial charge in [0.25, 0.3) is 0 Å². The SMILES string of the molecule is O=C1N2C[C@@H](CC[C@H]2Cn2cc(CN3CCOCC3)nn2)N1OCc1ccccc1. The summed E-state index contributed by atoms with van der Waals surface area (Å²) in [6.45, 7) is 5.99. The maximum absolute atomic E-state index is 12.9. The van der Waals surface area contributed by atoms with E-state index in [4.69, 9.17) is 9.57 Å². The first-order chi connectivity index (χ1) is 14.8. The Hall–Kier alpha value is -2.49. The molecule has 30 heavy (non-hydrogen) atoms. The summed E-state index contributed by atoms with van der Waals surface area (Å²) in [5, 5.41) is 10.2. The van der Waals surface area contributed by atoms with Gasteiger partial charge in [-0.25, -0.2) is 4.79 Å². The van der Waals surface area contributed by atoms with Crippen molar-refractivity contribution >= 4 is 6.03 Å². The van der Waals surface area contributed by atoms with E-state index in [1.165, 1.54) is 0 Å². The molecule has 1 aromatic heterocycles. The van der Waals surface area contributed by atoms with Gasteiger partial charge in [-0.05, 0) is 18.4 Å². The fourth-order valence-electron chi connectivity index (χ4n) is 4.49. The zero-order valence-electron chi connectivity index (χ0n) is 17.1. The van der Waals surface area contributed by atoms with Crippen LogP contribution >= 0.6 is 0 Å². The quantitative estimate of drug-likeness (QED) is 0.686. The Morgan fingerprint density at radius 3 is 2.80 bits per heavy atom. The molecule has 0 radical (unpaired) electrons. The highest BCUT2D eigenvalue weighted by molar-refractivity contribution is 5.76. The van der Waals surface area contributed by atoms with E-state index in [9.17, 15) is 4.79 Å². The maximum Gasteiger partial charge on any atom is 0.344 e. The fourth-order valence-corrected chi connectivity index (χ4v) is 4.49. The maximum atomic E-state index is 12.9. The molecule has 1 aromatic carbocycles. The van der Waals surface area contributed by atoms with Crippen LogP contribution in [0.15, 0.2) is 36.5 Å². The third-order valence-electron chi connectivity index (χ3n) is 6.13. The molecule has 3 fully saturated rings. The van der Waals surface area contributed by atoms with Crippen molar-refractivity contribution in [2.24, 2.45) is 0 Å². The second-order valence-corrected chi connectivity index (χ2v) is 8.23. The number of piperidine rings is 1. The number of benzene rings is 1. The molecule has 0 N–H and O–H groups in total. The van der Waals surface area contributed by atoms with Crippen LogP contribution in [0.3, 0.4) is 0 Å². The molecule has 9 nitrogen and oxygen atoms in total. The van der Waals surface area contributed by atoms with Crippen molar-refractivity contribution in [3.05, 3.63) is 47.8 Å². The first-order valence-corrected chi connectivity index (χ1v) is 10.7. The molecule has 3 aliphatic rings. The molecule has 4 heterocycles. The molecule has 3 aliphatic heterocycles. The molecule has 2 amide bonds. The standard InChI is InChI=1S/C21H28N6O3/c28-21-26-15-20(27(21)30-16-17-4-2-1-3-5-17)7-6-19(26)14-25-13-18(22-23-25)12-24-8-10-29-11-9-24/h1-5,13,19-20H,6-12,14-16H2/t19-,20+/m0/s1. The Labute approximate surface area is 176 Å². The third-order valence-corrected chi connectivity index (χ3v) is 6.13. The van der Waals surface area contributed by atoms with Crippen molar-refractivity contribution in [1.82, 2.24) is 29.9 Å². The summed E-state index contributed by atoms with van der Waals surface area (Å²) >= 11 is 0. The first-order valence-electron chi connectivity index (χ1n) is 10.7. The van der Waals surface area contributed by atoms with Crippen molar-refractivity contribution in [2.45, 2.75) is 44.6 Å². The number of hydrogen-bond donors (Lipinski definition) is 0. The van der Waals surface area contributed by atoms with Crippen molar-refractivity contribution in [3.63, 3.8) is 0 Å². The summed E-state index contributed by atoms with van der Waals surface area (Å²) in [6.07, 6.45) is 3.89. The van der Waals surface area contributed by atoms with Crippen LogP contribution < -0.4 is 0 Å². The molecule has 2 aromatic rings. The molecule has 0 unspecified atom stereocenters. The number of urea groups is 1. The predicted molar refractivity (Wildman–Crippen MR) is 108 cm³/mol. The van der Waals surface area contributed by atoms with Crippen LogP contribution in [-0.4, -0.2) is 80.8 Å². The van der Waals surface area contributed by atoms with Gasteiger partial charge in [-0.1, -0.05) is 35.5 Å². The lowest BCUT2D eigenvalue weighted by molar-refractivity contribution is -0.140. The Kier molecular flexibility index (Phi) is 5.65. The average molecular weight is 412 g/mol. The lowest BCUT2D eigenvalue weighted by atomic mass is 10.0. The number of carbonyl (C=O) groups excluding carboxylic acids is 1. The van der Waals surface area contributed by atoms with E-state index in [2.05, 4.69) is 15.2 Å². The molecule has 2 bridgehead atoms. The molecule has 2 atom stereocenters. The number of fused-ring (bicyclic) bond motifs is 2. The van der Waals surface area contributed by atoms with Crippen LogP contribution in [0.1, 0.15) is 24.1 Å². The van der Waals surface area contributed by atoms with Crippen molar-refractivity contribution in [3.8, 4) is 0 Å². The van der Waals surface area contributed by atoms with Crippen molar-refractivity contribution < 1.29 is 14.4 Å². The van der Waals surface area contributed by atoms with E-state index in [0.717, 1.165) is 56.9 Å². The Morgan fingerprint density at radius 2 is 1.97 bits per heavy atom. The molecule has 160 valence electrons. The average Bonchev–Trinajstić information content (AvgIpc) is 3.32. The number of aromatic nitrogens is 3. The van der Waals surface area contributed by atoms with Gasteiger partial charge in [-0.15, -0.1) is 5.10 Å². The van der Waals surface area contributed by atoms with Crippen LogP contribution in [-0.2, 0) is 29.3 Å². The zero-order valence-corrected chi connectivity index (χ0v) is 17.1. The van der Waals surface area contributed by atoms with E-state index in [1.807, 2.05) is 46.1 Å². The lowest BCUT2D eigenvalue weighted by Gasteiger charge is -2.30. The summed E-state index contributed by atoms with van der Waals surface area (Å²) in [7, 11) is 0. The number of morpholine rings is 1. The Balaban J connectivity index is 1.17. The fraction of sp³-hybridized carbons (Fsp3) is 0.571. The monoisotopic (exact) mass is 412 g/mol. The molecule has 0 spiro atoms. The molecule has 0 saturated carbocycles. The van der Waals surface area contributed by atoms with E-state index in [0.29, 0.717) is 19.7 Å². The second kappa shape index (κ2) is 8.71. The van der Waals surface area contributed by atoms with Gasteiger partial charge >= 0.3 is 6.03 Å². The first kappa shape index (κ1) is 19.5. The minimum atomic E-state index is -0.0351. The minimum absolute atomic E-state index is 0.0351. The smallest absolute Gasteiger partial charge is 0.344 e. The van der Waals surface area contributed by atoms with Crippen LogP contribution in [0.25, 0.3) is 0 Å². The van der Waals surface area contributed by atoms with Crippen molar-refractivity contribution in [2.75, 3.05) is 32.8 Å². The summed E-state index contributed by atoms with van der Waals surface area (Å²) in [5.41, 5.74) is 2.03. The second-order valence-electron chi connectivity index (χ2n) is 8.23.